The molecule has 0 spiro atoms. The van der Waals surface area contributed by atoms with Crippen molar-refractivity contribution >= 4 is 5.69 Å². The van der Waals surface area contributed by atoms with Crippen molar-refractivity contribution < 1.29 is 4.74 Å². The Morgan fingerprint density at radius 1 is 1.14 bits per heavy atom. The Labute approximate surface area is 134 Å². The van der Waals surface area contributed by atoms with E-state index >= 15 is 0 Å². The van der Waals surface area contributed by atoms with Gasteiger partial charge < -0.3 is 15.0 Å². The van der Waals surface area contributed by atoms with Crippen molar-refractivity contribution in [3.05, 3.63) is 24.5 Å². The molecule has 1 N–H and O–H groups in total. The molecule has 2 aliphatic heterocycles. The van der Waals surface area contributed by atoms with Gasteiger partial charge in [0.1, 0.15) is 0 Å². The van der Waals surface area contributed by atoms with Crippen molar-refractivity contribution in [2.45, 2.75) is 70.2 Å². The number of hydrogen-bond donors (Lipinski definition) is 1. The summed E-state index contributed by atoms with van der Waals surface area (Å²) in [5.74, 6) is 0. The third-order valence-electron chi connectivity index (χ3n) is 5.03. The molecule has 0 aliphatic carbocycles. The molecule has 4 heteroatoms. The summed E-state index contributed by atoms with van der Waals surface area (Å²) in [7, 11) is 0. The van der Waals surface area contributed by atoms with E-state index in [9.17, 15) is 0 Å². The highest BCUT2D eigenvalue weighted by atomic mass is 16.5. The zero-order valence-corrected chi connectivity index (χ0v) is 14.3. The average molecular weight is 303 g/mol. The Morgan fingerprint density at radius 3 is 2.32 bits per heavy atom. The van der Waals surface area contributed by atoms with E-state index in [1.54, 1.807) is 0 Å². The molecule has 1 aromatic heterocycles. The molecule has 0 bridgehead atoms. The highest BCUT2D eigenvalue weighted by Crippen LogP contribution is 2.37. The number of nitrogens with zero attached hydrogens (tertiary/aromatic N) is 2. The predicted octanol–water partition coefficient (Wildman–Crippen LogP) is 2.99. The van der Waals surface area contributed by atoms with Crippen LogP contribution in [0.4, 0.5) is 5.69 Å². The van der Waals surface area contributed by atoms with Crippen LogP contribution in [0.2, 0.25) is 0 Å². The first-order valence-corrected chi connectivity index (χ1v) is 8.47. The van der Waals surface area contributed by atoms with E-state index in [0.717, 1.165) is 19.5 Å². The highest BCUT2D eigenvalue weighted by Gasteiger charge is 2.46. The molecular weight excluding hydrogens is 274 g/mol. The molecule has 2 aliphatic rings. The van der Waals surface area contributed by atoms with E-state index in [-0.39, 0.29) is 11.2 Å². The van der Waals surface area contributed by atoms with Crippen LogP contribution in [0.15, 0.2) is 24.5 Å². The topological polar surface area (TPSA) is 37.4 Å². The van der Waals surface area contributed by atoms with Crippen molar-refractivity contribution in [1.29, 1.82) is 0 Å². The average Bonchev–Trinajstić information content (AvgIpc) is 2.68. The van der Waals surface area contributed by atoms with Gasteiger partial charge in [0.2, 0.25) is 0 Å². The second-order valence-corrected chi connectivity index (χ2v) is 7.86. The van der Waals surface area contributed by atoms with Crippen LogP contribution in [-0.4, -0.2) is 41.4 Å². The van der Waals surface area contributed by atoms with Crippen LogP contribution in [0, 0.1) is 0 Å². The van der Waals surface area contributed by atoms with Gasteiger partial charge in [-0.15, -0.1) is 0 Å². The number of piperidine rings is 1. The van der Waals surface area contributed by atoms with Gasteiger partial charge in [-0.3, -0.25) is 4.98 Å². The third kappa shape index (κ3) is 3.44. The number of anilines is 1. The number of pyridine rings is 1. The Morgan fingerprint density at radius 2 is 1.77 bits per heavy atom. The molecule has 1 unspecified atom stereocenters. The molecule has 22 heavy (non-hydrogen) atoms. The van der Waals surface area contributed by atoms with Crippen LogP contribution >= 0.6 is 0 Å². The lowest BCUT2D eigenvalue weighted by Gasteiger charge is -2.37. The van der Waals surface area contributed by atoms with E-state index in [2.05, 4.69) is 55.0 Å². The van der Waals surface area contributed by atoms with Crippen molar-refractivity contribution in [3.8, 4) is 0 Å². The monoisotopic (exact) mass is 303 g/mol. The molecule has 0 amide bonds. The van der Waals surface area contributed by atoms with E-state index in [1.807, 2.05) is 12.4 Å². The minimum Gasteiger partial charge on any atom is -0.371 e. The first kappa shape index (κ1) is 15.8. The lowest BCUT2D eigenvalue weighted by atomic mass is 9.92. The summed E-state index contributed by atoms with van der Waals surface area (Å²) in [5, 5.41) is 3.87. The molecule has 1 aromatic rings. The quantitative estimate of drug-likeness (QED) is 0.931. The standard InChI is InChI=1S/C18H29N3O/c1-17(2)13-16(18(3,4)22-17)20-14-7-11-21(12-8-14)15-5-9-19-10-6-15/h5-6,9-10,14,16,20H,7-8,11-13H2,1-4H3. The molecule has 0 saturated carbocycles. The van der Waals surface area contributed by atoms with Crippen LogP contribution in [0.1, 0.15) is 47.0 Å². The molecular formula is C18H29N3O. The molecule has 122 valence electrons. The fourth-order valence-electron chi connectivity index (χ4n) is 3.97. The van der Waals surface area contributed by atoms with Gasteiger partial charge in [-0.25, -0.2) is 0 Å². The Kier molecular flexibility index (Phi) is 4.17. The SMILES string of the molecule is CC1(C)CC(NC2CCN(c3ccncc3)CC2)C(C)(C)O1. The number of aromatic nitrogens is 1. The van der Waals surface area contributed by atoms with Crippen molar-refractivity contribution in [2.24, 2.45) is 0 Å². The van der Waals surface area contributed by atoms with E-state index in [0.29, 0.717) is 12.1 Å². The smallest absolute Gasteiger partial charge is 0.0787 e. The first-order chi connectivity index (χ1) is 10.4. The maximum absolute atomic E-state index is 6.20. The van der Waals surface area contributed by atoms with E-state index in [1.165, 1.54) is 18.5 Å². The molecule has 2 fully saturated rings. The normalized spacial score (nSPS) is 28.0. The number of rotatable bonds is 3. The molecule has 3 heterocycles. The number of nitrogens with one attached hydrogen (secondary N) is 1. The second kappa shape index (κ2) is 5.82. The Bertz CT molecular complexity index is 492. The predicted molar refractivity (Wildman–Crippen MR) is 90.3 cm³/mol. The summed E-state index contributed by atoms with van der Waals surface area (Å²) < 4.78 is 6.20. The maximum Gasteiger partial charge on any atom is 0.0787 e. The molecule has 0 aromatic carbocycles. The lowest BCUT2D eigenvalue weighted by molar-refractivity contribution is -0.0706. The second-order valence-electron chi connectivity index (χ2n) is 7.86. The largest absolute Gasteiger partial charge is 0.371 e. The van der Waals surface area contributed by atoms with Crippen LogP contribution in [0.3, 0.4) is 0 Å². The van der Waals surface area contributed by atoms with Gasteiger partial charge in [0, 0.05) is 43.3 Å². The van der Waals surface area contributed by atoms with Crippen LogP contribution < -0.4 is 10.2 Å². The summed E-state index contributed by atoms with van der Waals surface area (Å²) in [5.41, 5.74) is 1.20. The zero-order chi connectivity index (χ0) is 15.8. The summed E-state index contributed by atoms with van der Waals surface area (Å²) in [6.07, 6.45) is 7.22. The first-order valence-electron chi connectivity index (χ1n) is 8.47. The van der Waals surface area contributed by atoms with Gasteiger partial charge in [-0.2, -0.15) is 0 Å². The molecule has 1 atom stereocenters. The van der Waals surface area contributed by atoms with Crippen molar-refractivity contribution in [1.82, 2.24) is 10.3 Å². The molecule has 3 rings (SSSR count). The third-order valence-corrected chi connectivity index (χ3v) is 5.03. The van der Waals surface area contributed by atoms with Crippen molar-refractivity contribution in [2.75, 3.05) is 18.0 Å². The molecule has 0 radical (unpaired) electrons. The van der Waals surface area contributed by atoms with Crippen LogP contribution in [0.5, 0.6) is 0 Å². The number of ether oxygens (including phenoxy) is 1. The van der Waals surface area contributed by atoms with Gasteiger partial charge in [0.25, 0.3) is 0 Å². The summed E-state index contributed by atoms with van der Waals surface area (Å²) in [6.45, 7) is 11.0. The highest BCUT2D eigenvalue weighted by molar-refractivity contribution is 5.44. The van der Waals surface area contributed by atoms with Crippen LogP contribution in [-0.2, 0) is 4.74 Å². The minimum absolute atomic E-state index is 0.0150. The Balaban J connectivity index is 1.54. The van der Waals surface area contributed by atoms with Gasteiger partial charge in [-0.05, 0) is 59.1 Å². The maximum atomic E-state index is 6.20. The number of hydrogen-bond acceptors (Lipinski definition) is 4. The molecule has 4 nitrogen and oxygen atoms in total. The Hall–Kier alpha value is -1.13. The van der Waals surface area contributed by atoms with E-state index in [4.69, 9.17) is 4.74 Å². The van der Waals surface area contributed by atoms with Gasteiger partial charge in [0.15, 0.2) is 0 Å². The molecule has 2 saturated heterocycles. The lowest BCUT2D eigenvalue weighted by Crippen LogP contribution is -2.51. The van der Waals surface area contributed by atoms with Gasteiger partial charge in [0.05, 0.1) is 11.2 Å². The summed E-state index contributed by atoms with van der Waals surface area (Å²) >= 11 is 0. The van der Waals surface area contributed by atoms with Gasteiger partial charge in [-0.1, -0.05) is 0 Å². The van der Waals surface area contributed by atoms with Crippen LogP contribution in [0.25, 0.3) is 0 Å². The minimum atomic E-state index is -0.0776. The van der Waals surface area contributed by atoms with E-state index < -0.39 is 0 Å². The zero-order valence-electron chi connectivity index (χ0n) is 14.3. The van der Waals surface area contributed by atoms with Gasteiger partial charge >= 0.3 is 0 Å². The summed E-state index contributed by atoms with van der Waals surface area (Å²) in [6, 6.07) is 5.24. The fraction of sp³-hybridized carbons (Fsp3) is 0.722. The fourth-order valence-corrected chi connectivity index (χ4v) is 3.97. The van der Waals surface area contributed by atoms with Crippen molar-refractivity contribution in [3.63, 3.8) is 0 Å². The summed E-state index contributed by atoms with van der Waals surface area (Å²) in [4.78, 5) is 6.56.